The summed E-state index contributed by atoms with van der Waals surface area (Å²) < 4.78 is 11.0. The molecule has 10 aromatic rings. The summed E-state index contributed by atoms with van der Waals surface area (Å²) in [5, 5.41) is 6.31. The van der Waals surface area contributed by atoms with E-state index in [-0.39, 0.29) is 21.1 Å². The van der Waals surface area contributed by atoms with Gasteiger partial charge >= 0.3 is 21.1 Å². The molecule has 0 unspecified atom stereocenters. The van der Waals surface area contributed by atoms with E-state index in [1.165, 1.54) is 44.5 Å². The SMILES string of the molecule is CC(C)c1cccc(C(C)C)c1-c1ccc2c(c1)c1ccc(Oc3[c-]c4c(cc3)c3cc(-c5c(C(C)C)cccc5C(C)C)ccc3n3ccnc43)[c-]c1c1nccn21.[Pt+2]. The Morgan fingerprint density at radius 2 is 0.850 bits per heavy atom. The molecule has 0 aliphatic heterocycles. The van der Waals surface area contributed by atoms with Crippen LogP contribution >= 0.6 is 0 Å². The maximum Gasteiger partial charge on any atom is 2.00 e. The Morgan fingerprint density at radius 1 is 0.467 bits per heavy atom. The van der Waals surface area contributed by atoms with Crippen LogP contribution in [0, 0.1) is 12.1 Å². The van der Waals surface area contributed by atoms with Crippen LogP contribution in [0.25, 0.3) is 76.9 Å². The molecule has 0 aliphatic rings. The normalized spacial score (nSPS) is 12.1. The van der Waals surface area contributed by atoms with E-state index in [1.807, 2.05) is 36.9 Å². The van der Waals surface area contributed by atoms with E-state index in [0.717, 1.165) is 54.6 Å². The molecule has 0 aliphatic carbocycles. The molecule has 0 N–H and O–H groups in total. The number of pyridine rings is 2. The van der Waals surface area contributed by atoms with Crippen molar-refractivity contribution in [2.45, 2.75) is 79.1 Å². The molecule has 4 aromatic heterocycles. The summed E-state index contributed by atoms with van der Waals surface area (Å²) in [5.41, 5.74) is 14.5. The second kappa shape index (κ2) is 15.4. The first-order valence-corrected chi connectivity index (χ1v) is 21.0. The van der Waals surface area contributed by atoms with Gasteiger partial charge in [-0.05, 0) is 91.1 Å². The summed E-state index contributed by atoms with van der Waals surface area (Å²) in [6.07, 6.45) is 7.80. The fourth-order valence-electron chi connectivity index (χ4n) is 9.36. The van der Waals surface area contributed by atoms with Crippen LogP contribution in [0.4, 0.5) is 0 Å². The molecule has 0 bridgehead atoms. The third-order valence-corrected chi connectivity index (χ3v) is 12.2. The number of rotatable bonds is 8. The zero-order valence-corrected chi connectivity index (χ0v) is 37.6. The van der Waals surface area contributed by atoms with Gasteiger partial charge in [0, 0.05) is 47.3 Å². The molecule has 0 saturated carbocycles. The van der Waals surface area contributed by atoms with Crippen molar-refractivity contribution in [3.63, 3.8) is 0 Å². The summed E-state index contributed by atoms with van der Waals surface area (Å²) in [6, 6.07) is 42.9. The van der Waals surface area contributed by atoms with Crippen LogP contribution in [0.15, 0.2) is 122 Å². The van der Waals surface area contributed by atoms with Gasteiger partial charge in [-0.15, -0.1) is 12.1 Å². The van der Waals surface area contributed by atoms with Crippen molar-refractivity contribution in [2.24, 2.45) is 0 Å². The number of imidazole rings is 2. The zero-order chi connectivity index (χ0) is 40.7. The van der Waals surface area contributed by atoms with Gasteiger partial charge in [0.1, 0.15) is 0 Å². The van der Waals surface area contributed by atoms with E-state index < -0.39 is 0 Å². The molecule has 300 valence electrons. The molecule has 0 amide bonds. The van der Waals surface area contributed by atoms with Crippen molar-refractivity contribution < 1.29 is 25.8 Å². The number of aromatic nitrogens is 4. The minimum atomic E-state index is 0. The first-order chi connectivity index (χ1) is 28.6. The van der Waals surface area contributed by atoms with Gasteiger partial charge < -0.3 is 13.5 Å². The third-order valence-electron chi connectivity index (χ3n) is 12.2. The van der Waals surface area contributed by atoms with Crippen molar-refractivity contribution in [1.29, 1.82) is 0 Å². The predicted octanol–water partition coefficient (Wildman–Crippen LogP) is 14.8. The van der Waals surface area contributed by atoms with Crippen LogP contribution in [0.1, 0.15) is 101 Å². The monoisotopic (exact) mass is 963 g/mol. The van der Waals surface area contributed by atoms with Gasteiger partial charge in [-0.2, -0.15) is 0 Å². The molecule has 10 rings (SSSR count). The zero-order valence-electron chi connectivity index (χ0n) is 35.4. The summed E-state index contributed by atoms with van der Waals surface area (Å²) >= 11 is 0. The Bertz CT molecular complexity index is 3010. The molecule has 60 heavy (non-hydrogen) atoms. The molecule has 4 heterocycles. The van der Waals surface area contributed by atoms with Gasteiger partial charge in [0.2, 0.25) is 0 Å². The molecule has 0 radical (unpaired) electrons. The molecular formula is C54H48N4OPt. The number of hydrogen-bond acceptors (Lipinski definition) is 3. The van der Waals surface area contributed by atoms with E-state index in [2.05, 4.69) is 161 Å². The minimum absolute atomic E-state index is 0. The Morgan fingerprint density at radius 3 is 1.22 bits per heavy atom. The predicted molar refractivity (Wildman–Crippen MR) is 245 cm³/mol. The number of ether oxygens (including phenoxy) is 1. The quantitative estimate of drug-likeness (QED) is 0.113. The maximum atomic E-state index is 6.64. The van der Waals surface area contributed by atoms with Gasteiger partial charge in [-0.3, -0.25) is 9.97 Å². The molecular weight excluding hydrogens is 916 g/mol. The van der Waals surface area contributed by atoms with Gasteiger partial charge in [-0.25, -0.2) is 0 Å². The smallest absolute Gasteiger partial charge is 0.497 e. The number of benzene rings is 6. The summed E-state index contributed by atoms with van der Waals surface area (Å²) in [5.74, 6) is 2.82. The Hall–Kier alpha value is -5.77. The van der Waals surface area contributed by atoms with Crippen LogP contribution in [0.3, 0.4) is 0 Å². The number of fused-ring (bicyclic) bond motifs is 12. The second-order valence-electron chi connectivity index (χ2n) is 17.3. The molecule has 0 spiro atoms. The molecule has 5 nitrogen and oxygen atoms in total. The number of hydrogen-bond donors (Lipinski definition) is 0. The van der Waals surface area contributed by atoms with E-state index in [1.54, 1.807) is 0 Å². The van der Waals surface area contributed by atoms with Crippen LogP contribution < -0.4 is 4.74 Å². The average molecular weight is 964 g/mol. The van der Waals surface area contributed by atoms with Crippen molar-refractivity contribution in [2.75, 3.05) is 0 Å². The second-order valence-corrected chi connectivity index (χ2v) is 17.3. The summed E-state index contributed by atoms with van der Waals surface area (Å²) in [6.45, 7) is 18.3. The molecule has 6 aromatic carbocycles. The van der Waals surface area contributed by atoms with Crippen molar-refractivity contribution in [1.82, 2.24) is 18.8 Å². The van der Waals surface area contributed by atoms with E-state index in [0.29, 0.717) is 35.2 Å². The third kappa shape index (κ3) is 6.41. The van der Waals surface area contributed by atoms with Gasteiger partial charge in [0.15, 0.2) is 0 Å². The van der Waals surface area contributed by atoms with Crippen LogP contribution in [-0.4, -0.2) is 18.8 Å². The number of nitrogens with zero attached hydrogens (tertiary/aromatic N) is 4. The fourth-order valence-corrected chi connectivity index (χ4v) is 9.36. The van der Waals surface area contributed by atoms with Crippen LogP contribution in [-0.2, 0) is 21.1 Å². The Kier molecular flexibility index (Phi) is 10.2. The first kappa shape index (κ1) is 39.7. The average Bonchev–Trinajstić information content (AvgIpc) is 3.95. The summed E-state index contributed by atoms with van der Waals surface area (Å²) in [7, 11) is 0. The van der Waals surface area contributed by atoms with Crippen molar-refractivity contribution >= 4 is 54.6 Å². The van der Waals surface area contributed by atoms with E-state index >= 15 is 0 Å². The topological polar surface area (TPSA) is 43.8 Å². The standard InChI is InChI=1S/C54H48N4O.Pt/c1-31(2)39-11-9-12-40(32(3)4)51(39)35-15-21-49-45(27-35)43-19-17-37(29-47(43)53-55-23-25-57(49)53)59-38-18-20-44-46-28-36(52-41(33(5)6)13-10-14-42(52)34(7)8)16-22-50(46)58-26-24-56-54(58)48(44)30-38;/h9-28,31-34H,1-8H3;/q-2;+2. The van der Waals surface area contributed by atoms with Gasteiger partial charge in [0.25, 0.3) is 0 Å². The van der Waals surface area contributed by atoms with Crippen molar-refractivity contribution in [3.05, 3.63) is 156 Å². The largest absolute Gasteiger partial charge is 2.00 e. The molecule has 0 saturated heterocycles. The van der Waals surface area contributed by atoms with Gasteiger partial charge in [0.05, 0.1) is 11.3 Å². The summed E-state index contributed by atoms with van der Waals surface area (Å²) in [4.78, 5) is 9.63. The van der Waals surface area contributed by atoms with E-state index in [9.17, 15) is 0 Å². The Labute approximate surface area is 366 Å². The molecule has 0 atom stereocenters. The van der Waals surface area contributed by atoms with Crippen LogP contribution in [0.5, 0.6) is 11.5 Å². The molecule has 0 fully saturated rings. The minimum Gasteiger partial charge on any atom is -0.497 e. The molecule has 6 heteroatoms. The first-order valence-electron chi connectivity index (χ1n) is 21.0. The Balaban J connectivity index is 0.00000462. The van der Waals surface area contributed by atoms with Crippen molar-refractivity contribution in [3.8, 4) is 33.8 Å². The van der Waals surface area contributed by atoms with E-state index in [4.69, 9.17) is 14.7 Å². The van der Waals surface area contributed by atoms with Crippen LogP contribution in [0.2, 0.25) is 0 Å². The fraction of sp³-hybridized carbons (Fsp3) is 0.222. The maximum absolute atomic E-state index is 6.64. The van der Waals surface area contributed by atoms with Gasteiger partial charge in [-0.1, -0.05) is 162 Å².